The summed E-state index contributed by atoms with van der Waals surface area (Å²) in [6, 6.07) is 18.8. The lowest BCUT2D eigenvalue weighted by atomic mass is 9.96. The van der Waals surface area contributed by atoms with Crippen molar-refractivity contribution in [2.75, 3.05) is 6.26 Å². The fourth-order valence-electron chi connectivity index (χ4n) is 4.06. The molecule has 36 heavy (non-hydrogen) atoms. The van der Waals surface area contributed by atoms with Crippen LogP contribution in [0.3, 0.4) is 0 Å². The van der Waals surface area contributed by atoms with Crippen LogP contribution < -0.4 is 4.74 Å². The van der Waals surface area contributed by atoms with E-state index in [1.54, 1.807) is 30.4 Å². The molecule has 0 saturated heterocycles. The van der Waals surface area contributed by atoms with Gasteiger partial charge in [0.2, 0.25) is 0 Å². The van der Waals surface area contributed by atoms with E-state index in [0.29, 0.717) is 17.3 Å². The Morgan fingerprint density at radius 3 is 2.47 bits per heavy atom. The first kappa shape index (κ1) is 25.5. The van der Waals surface area contributed by atoms with Crippen molar-refractivity contribution in [1.29, 1.82) is 0 Å². The lowest BCUT2D eigenvalue weighted by Gasteiger charge is -2.11. The largest absolute Gasteiger partial charge is 0.489 e. The molecule has 0 amide bonds. The second-order valence-electron chi connectivity index (χ2n) is 8.63. The predicted molar refractivity (Wildman–Crippen MR) is 144 cm³/mol. The van der Waals surface area contributed by atoms with Crippen LogP contribution in [0.1, 0.15) is 36.0 Å². The summed E-state index contributed by atoms with van der Waals surface area (Å²) in [6.07, 6.45) is 1.18. The van der Waals surface area contributed by atoms with Gasteiger partial charge in [0.25, 0.3) is 0 Å². The summed E-state index contributed by atoms with van der Waals surface area (Å²) in [5, 5.41) is 12.3. The molecule has 1 N–H and O–H groups in total. The molecule has 184 valence electrons. The van der Waals surface area contributed by atoms with Crippen molar-refractivity contribution in [1.82, 2.24) is 0 Å². The molecule has 3 aromatic carbocycles. The van der Waals surface area contributed by atoms with Crippen LogP contribution in [0, 0.1) is 18.8 Å². The van der Waals surface area contributed by atoms with Gasteiger partial charge < -0.3 is 9.84 Å². The van der Waals surface area contributed by atoms with Gasteiger partial charge in [-0.25, -0.2) is 8.42 Å². The van der Waals surface area contributed by atoms with E-state index in [-0.39, 0.29) is 12.3 Å². The van der Waals surface area contributed by atoms with Crippen molar-refractivity contribution >= 4 is 37.2 Å². The molecular weight excluding hydrogens is 492 g/mol. The van der Waals surface area contributed by atoms with Gasteiger partial charge in [-0.3, -0.25) is 4.79 Å². The SMILES string of the molecule is CC#C[C@@H](CC(=O)O)c1ccc(OCc2ccc3scc(-c4cc(S(C)(=O)=O)ccc4C)c3c2)cc1. The number of fused-ring (bicyclic) bond motifs is 1. The van der Waals surface area contributed by atoms with E-state index in [9.17, 15) is 13.2 Å². The number of sulfone groups is 1. The first-order chi connectivity index (χ1) is 17.2. The Morgan fingerprint density at radius 2 is 1.81 bits per heavy atom. The lowest BCUT2D eigenvalue weighted by Crippen LogP contribution is -2.04. The summed E-state index contributed by atoms with van der Waals surface area (Å²) in [5.41, 5.74) is 4.76. The van der Waals surface area contributed by atoms with E-state index in [2.05, 4.69) is 29.4 Å². The van der Waals surface area contributed by atoms with Gasteiger partial charge in [-0.2, -0.15) is 0 Å². The second-order valence-corrected chi connectivity index (χ2v) is 11.6. The number of aliphatic carboxylic acids is 1. The molecule has 0 radical (unpaired) electrons. The number of hydrogen-bond acceptors (Lipinski definition) is 5. The number of thiophene rings is 1. The van der Waals surface area contributed by atoms with Crippen LogP contribution in [0.25, 0.3) is 21.2 Å². The van der Waals surface area contributed by atoms with Gasteiger partial charge in [0, 0.05) is 21.9 Å². The first-order valence-corrected chi connectivity index (χ1v) is 14.1. The summed E-state index contributed by atoms with van der Waals surface area (Å²) >= 11 is 1.62. The summed E-state index contributed by atoms with van der Waals surface area (Å²) in [7, 11) is -3.30. The summed E-state index contributed by atoms with van der Waals surface area (Å²) in [4.78, 5) is 11.4. The highest BCUT2D eigenvalue weighted by molar-refractivity contribution is 7.90. The number of benzene rings is 3. The summed E-state index contributed by atoms with van der Waals surface area (Å²) in [5.74, 6) is 5.19. The molecule has 1 heterocycles. The van der Waals surface area contributed by atoms with Crippen molar-refractivity contribution < 1.29 is 23.1 Å². The van der Waals surface area contributed by atoms with E-state index >= 15 is 0 Å². The third kappa shape index (κ3) is 5.78. The number of hydrogen-bond donors (Lipinski definition) is 1. The normalized spacial score (nSPS) is 12.1. The molecule has 0 aliphatic carbocycles. The molecule has 0 saturated carbocycles. The zero-order chi connectivity index (χ0) is 25.9. The Bertz CT molecular complexity index is 1590. The zero-order valence-electron chi connectivity index (χ0n) is 20.2. The molecule has 1 aromatic heterocycles. The monoisotopic (exact) mass is 518 g/mol. The highest BCUT2D eigenvalue weighted by Crippen LogP contribution is 2.37. The van der Waals surface area contributed by atoms with Crippen molar-refractivity contribution in [2.24, 2.45) is 0 Å². The number of carbonyl (C=O) groups is 1. The maximum Gasteiger partial charge on any atom is 0.304 e. The Morgan fingerprint density at radius 1 is 1.06 bits per heavy atom. The summed E-state index contributed by atoms with van der Waals surface area (Å²) < 4.78 is 31.3. The van der Waals surface area contributed by atoms with E-state index < -0.39 is 15.8 Å². The third-order valence-corrected chi connectivity index (χ3v) is 8.02. The van der Waals surface area contributed by atoms with Crippen LogP contribution in [-0.4, -0.2) is 25.7 Å². The molecule has 7 heteroatoms. The van der Waals surface area contributed by atoms with Gasteiger partial charge in [-0.05, 0) is 77.9 Å². The fourth-order valence-corrected chi connectivity index (χ4v) is 5.65. The van der Waals surface area contributed by atoms with Gasteiger partial charge in [-0.15, -0.1) is 17.3 Å². The first-order valence-electron chi connectivity index (χ1n) is 11.3. The van der Waals surface area contributed by atoms with Gasteiger partial charge >= 0.3 is 5.97 Å². The minimum atomic E-state index is -3.30. The quantitative estimate of drug-likeness (QED) is 0.272. The number of ether oxygens (including phenoxy) is 1. The number of carboxylic acid groups (broad SMARTS) is 1. The molecule has 0 fully saturated rings. The average molecular weight is 519 g/mol. The minimum Gasteiger partial charge on any atom is -0.489 e. The summed E-state index contributed by atoms with van der Waals surface area (Å²) in [6.45, 7) is 4.04. The molecular formula is C29H26O5S2. The number of rotatable bonds is 8. The van der Waals surface area contributed by atoms with Crippen LogP contribution in [-0.2, 0) is 21.2 Å². The smallest absolute Gasteiger partial charge is 0.304 e. The minimum absolute atomic E-state index is 0.0450. The van der Waals surface area contributed by atoms with Crippen molar-refractivity contribution in [3.05, 3.63) is 82.7 Å². The van der Waals surface area contributed by atoms with Crippen molar-refractivity contribution in [2.45, 2.75) is 37.7 Å². The maximum atomic E-state index is 12.1. The van der Waals surface area contributed by atoms with Gasteiger partial charge in [0.1, 0.15) is 12.4 Å². The fraction of sp³-hybridized carbons (Fsp3) is 0.207. The van der Waals surface area contributed by atoms with Crippen LogP contribution in [0.15, 0.2) is 70.9 Å². The van der Waals surface area contributed by atoms with Gasteiger partial charge in [0.15, 0.2) is 9.84 Å². The zero-order valence-corrected chi connectivity index (χ0v) is 21.9. The van der Waals surface area contributed by atoms with Gasteiger partial charge in [0.05, 0.1) is 17.2 Å². The second kappa shape index (κ2) is 10.6. The molecule has 0 unspecified atom stereocenters. The van der Waals surface area contributed by atoms with E-state index in [1.165, 1.54) is 6.26 Å². The Labute approximate surface area is 215 Å². The standard InChI is InChI=1S/C29H26O5S2/c1-4-5-22(15-29(30)31)21-8-10-23(11-9-21)34-17-20-7-13-28-26(14-20)27(18-35-28)25-16-24(36(3,32)33)12-6-19(25)2/h6-14,16,18,22H,15,17H2,1-3H3,(H,30,31)/t22-/m0/s1. The molecule has 0 spiro atoms. The topological polar surface area (TPSA) is 80.7 Å². The molecule has 4 rings (SSSR count). The lowest BCUT2D eigenvalue weighted by molar-refractivity contribution is -0.137. The van der Waals surface area contributed by atoms with Crippen LogP contribution in [0.4, 0.5) is 0 Å². The Balaban J connectivity index is 1.56. The molecule has 1 atom stereocenters. The third-order valence-electron chi connectivity index (χ3n) is 5.95. The van der Waals surface area contributed by atoms with E-state index in [0.717, 1.165) is 37.9 Å². The van der Waals surface area contributed by atoms with Crippen LogP contribution in [0.5, 0.6) is 5.75 Å². The Kier molecular flexibility index (Phi) is 7.48. The van der Waals surface area contributed by atoms with Crippen LogP contribution >= 0.6 is 11.3 Å². The molecule has 0 aliphatic rings. The van der Waals surface area contributed by atoms with Crippen LogP contribution in [0.2, 0.25) is 0 Å². The van der Waals surface area contributed by atoms with E-state index in [1.807, 2.05) is 43.3 Å². The van der Waals surface area contributed by atoms with Crippen molar-refractivity contribution in [3.63, 3.8) is 0 Å². The Hall–Kier alpha value is -3.60. The molecule has 0 aliphatic heterocycles. The van der Waals surface area contributed by atoms with Crippen molar-refractivity contribution in [3.8, 4) is 28.7 Å². The van der Waals surface area contributed by atoms with E-state index in [4.69, 9.17) is 9.84 Å². The highest BCUT2D eigenvalue weighted by Gasteiger charge is 2.15. The molecule has 4 aromatic rings. The van der Waals surface area contributed by atoms with Gasteiger partial charge in [-0.1, -0.05) is 30.2 Å². The number of carboxylic acids is 1. The average Bonchev–Trinajstić information content (AvgIpc) is 3.25. The molecule has 0 bridgehead atoms. The predicted octanol–water partition coefficient (Wildman–Crippen LogP) is 6.44. The maximum absolute atomic E-state index is 12.1. The molecule has 5 nitrogen and oxygen atoms in total. The number of aryl methyl sites for hydroxylation is 1. The highest BCUT2D eigenvalue weighted by atomic mass is 32.2.